The number of nitro benzene ring substituents is 1. The standard InChI is InChI=1S/C18H19N3O3S/c22-18(19-10-11-25-15-4-2-1-3-5-15)13-6-9-16(20-14-7-8-14)17(12-13)21(23)24/h1-6,9,12,14,20H,7-8,10-11H2,(H,19,22). The van der Waals surface area contributed by atoms with Crippen LogP contribution in [0.25, 0.3) is 0 Å². The largest absolute Gasteiger partial charge is 0.377 e. The molecule has 25 heavy (non-hydrogen) atoms. The Balaban J connectivity index is 1.55. The van der Waals surface area contributed by atoms with Gasteiger partial charge >= 0.3 is 0 Å². The van der Waals surface area contributed by atoms with Crippen molar-refractivity contribution in [2.24, 2.45) is 0 Å². The van der Waals surface area contributed by atoms with Gasteiger partial charge in [0.25, 0.3) is 11.6 Å². The third-order valence-corrected chi connectivity index (χ3v) is 4.81. The Bertz CT molecular complexity index is 763. The van der Waals surface area contributed by atoms with Crippen molar-refractivity contribution < 1.29 is 9.72 Å². The molecule has 0 heterocycles. The molecular formula is C18H19N3O3S. The summed E-state index contributed by atoms with van der Waals surface area (Å²) in [5.74, 6) is 0.439. The summed E-state index contributed by atoms with van der Waals surface area (Å²) >= 11 is 1.65. The molecule has 0 unspecified atom stereocenters. The molecule has 0 saturated heterocycles. The number of benzene rings is 2. The van der Waals surface area contributed by atoms with Gasteiger partial charge in [-0.2, -0.15) is 0 Å². The smallest absolute Gasteiger partial charge is 0.293 e. The Hall–Kier alpha value is -2.54. The highest BCUT2D eigenvalue weighted by Crippen LogP contribution is 2.31. The highest BCUT2D eigenvalue weighted by molar-refractivity contribution is 7.99. The van der Waals surface area contributed by atoms with Crippen LogP contribution in [0.5, 0.6) is 0 Å². The van der Waals surface area contributed by atoms with Gasteiger partial charge in [0.15, 0.2) is 0 Å². The molecule has 0 aliphatic heterocycles. The van der Waals surface area contributed by atoms with E-state index in [1.807, 2.05) is 30.3 Å². The number of hydrogen-bond acceptors (Lipinski definition) is 5. The molecule has 1 aliphatic carbocycles. The van der Waals surface area contributed by atoms with Crippen molar-refractivity contribution >= 4 is 29.0 Å². The minimum atomic E-state index is -0.452. The molecule has 0 spiro atoms. The fraction of sp³-hybridized carbons (Fsp3) is 0.278. The van der Waals surface area contributed by atoms with Gasteiger partial charge in [0, 0.05) is 34.9 Å². The van der Waals surface area contributed by atoms with E-state index in [-0.39, 0.29) is 11.6 Å². The van der Waals surface area contributed by atoms with Crippen molar-refractivity contribution in [1.82, 2.24) is 5.32 Å². The lowest BCUT2D eigenvalue weighted by atomic mass is 10.1. The molecule has 0 aromatic heterocycles. The molecule has 1 aliphatic rings. The summed E-state index contributed by atoms with van der Waals surface area (Å²) in [7, 11) is 0. The van der Waals surface area contributed by atoms with E-state index in [0.717, 1.165) is 23.5 Å². The van der Waals surface area contributed by atoms with Crippen molar-refractivity contribution in [2.45, 2.75) is 23.8 Å². The molecule has 6 nitrogen and oxygen atoms in total. The Kier molecular flexibility index (Phi) is 5.55. The van der Waals surface area contributed by atoms with Crippen LogP contribution in [0.2, 0.25) is 0 Å². The number of anilines is 1. The molecule has 7 heteroatoms. The lowest BCUT2D eigenvalue weighted by Crippen LogP contribution is -2.25. The van der Waals surface area contributed by atoms with Crippen molar-refractivity contribution in [2.75, 3.05) is 17.6 Å². The third-order valence-electron chi connectivity index (χ3n) is 3.79. The number of rotatable bonds is 8. The number of nitrogens with one attached hydrogen (secondary N) is 2. The summed E-state index contributed by atoms with van der Waals surface area (Å²) in [4.78, 5) is 24.1. The normalized spacial score (nSPS) is 13.3. The molecule has 0 bridgehead atoms. The summed E-state index contributed by atoms with van der Waals surface area (Å²) in [6, 6.07) is 14.8. The van der Waals surface area contributed by atoms with Crippen LogP contribution < -0.4 is 10.6 Å². The first-order valence-electron chi connectivity index (χ1n) is 8.14. The summed E-state index contributed by atoms with van der Waals surface area (Å²) in [6.07, 6.45) is 2.05. The van der Waals surface area contributed by atoms with Crippen LogP contribution in [0, 0.1) is 10.1 Å². The highest BCUT2D eigenvalue weighted by Gasteiger charge is 2.25. The van der Waals surface area contributed by atoms with Gasteiger partial charge in [-0.1, -0.05) is 18.2 Å². The fourth-order valence-electron chi connectivity index (χ4n) is 2.35. The lowest BCUT2D eigenvalue weighted by Gasteiger charge is -2.08. The van der Waals surface area contributed by atoms with E-state index in [1.165, 1.54) is 6.07 Å². The first-order valence-corrected chi connectivity index (χ1v) is 9.13. The van der Waals surface area contributed by atoms with Crippen LogP contribution >= 0.6 is 11.8 Å². The van der Waals surface area contributed by atoms with Crippen LogP contribution in [0.15, 0.2) is 53.4 Å². The van der Waals surface area contributed by atoms with E-state index in [4.69, 9.17) is 0 Å². The average molecular weight is 357 g/mol. The second-order valence-electron chi connectivity index (χ2n) is 5.83. The van der Waals surface area contributed by atoms with Gasteiger partial charge in [-0.3, -0.25) is 14.9 Å². The molecule has 1 saturated carbocycles. The number of amides is 1. The molecular weight excluding hydrogens is 338 g/mol. The molecule has 2 aromatic rings. The average Bonchev–Trinajstić information content (AvgIpc) is 3.43. The van der Waals surface area contributed by atoms with Gasteiger partial charge in [-0.15, -0.1) is 11.8 Å². The molecule has 3 rings (SSSR count). The predicted molar refractivity (Wildman–Crippen MR) is 99.2 cm³/mol. The van der Waals surface area contributed by atoms with E-state index in [1.54, 1.807) is 23.9 Å². The second-order valence-corrected chi connectivity index (χ2v) is 6.99. The topological polar surface area (TPSA) is 84.3 Å². The van der Waals surface area contributed by atoms with E-state index < -0.39 is 4.92 Å². The number of nitrogens with zero attached hydrogens (tertiary/aromatic N) is 1. The minimum Gasteiger partial charge on any atom is -0.377 e. The van der Waals surface area contributed by atoms with Gasteiger partial charge < -0.3 is 10.6 Å². The van der Waals surface area contributed by atoms with Crippen molar-refractivity contribution in [3.63, 3.8) is 0 Å². The zero-order valence-corrected chi connectivity index (χ0v) is 14.4. The maximum absolute atomic E-state index is 12.2. The van der Waals surface area contributed by atoms with Crippen LogP contribution in [0.1, 0.15) is 23.2 Å². The molecule has 1 fully saturated rings. The molecule has 0 atom stereocenters. The second kappa shape index (κ2) is 8.02. The summed E-state index contributed by atoms with van der Waals surface area (Å²) < 4.78 is 0. The molecule has 0 radical (unpaired) electrons. The van der Waals surface area contributed by atoms with Gasteiger partial charge in [-0.25, -0.2) is 0 Å². The Morgan fingerprint density at radius 3 is 2.64 bits per heavy atom. The first-order chi connectivity index (χ1) is 12.1. The van der Waals surface area contributed by atoms with E-state index >= 15 is 0 Å². The highest BCUT2D eigenvalue weighted by atomic mass is 32.2. The maximum atomic E-state index is 12.2. The van der Waals surface area contributed by atoms with Crippen molar-refractivity contribution in [3.8, 4) is 0 Å². The Labute approximate surface area is 150 Å². The van der Waals surface area contributed by atoms with Crippen LogP contribution in [-0.2, 0) is 0 Å². The Morgan fingerprint density at radius 2 is 1.96 bits per heavy atom. The first kappa shape index (κ1) is 17.3. The number of carbonyl (C=O) groups excluding carboxylic acids is 1. The zero-order chi connectivity index (χ0) is 17.6. The van der Waals surface area contributed by atoms with Gasteiger partial charge in [0.05, 0.1) is 4.92 Å². The molecule has 2 N–H and O–H groups in total. The number of hydrogen-bond donors (Lipinski definition) is 2. The monoisotopic (exact) mass is 357 g/mol. The summed E-state index contributed by atoms with van der Waals surface area (Å²) in [5, 5.41) is 17.2. The molecule has 2 aromatic carbocycles. The fourth-order valence-corrected chi connectivity index (χ4v) is 3.14. The van der Waals surface area contributed by atoms with E-state index in [0.29, 0.717) is 23.8 Å². The van der Waals surface area contributed by atoms with Crippen LogP contribution in [-0.4, -0.2) is 29.2 Å². The minimum absolute atomic E-state index is 0.0572. The van der Waals surface area contributed by atoms with Crippen LogP contribution in [0.4, 0.5) is 11.4 Å². The van der Waals surface area contributed by atoms with Crippen LogP contribution in [0.3, 0.4) is 0 Å². The van der Waals surface area contributed by atoms with E-state index in [2.05, 4.69) is 10.6 Å². The number of thioether (sulfide) groups is 1. The predicted octanol–water partition coefficient (Wildman–Crippen LogP) is 3.69. The third kappa shape index (κ3) is 4.96. The Morgan fingerprint density at radius 1 is 1.20 bits per heavy atom. The maximum Gasteiger partial charge on any atom is 0.293 e. The van der Waals surface area contributed by atoms with Gasteiger partial charge in [0.1, 0.15) is 5.69 Å². The summed E-state index contributed by atoms with van der Waals surface area (Å²) in [5.41, 5.74) is 0.722. The van der Waals surface area contributed by atoms with Gasteiger partial charge in [0.2, 0.25) is 0 Å². The quantitative estimate of drug-likeness (QED) is 0.326. The lowest BCUT2D eigenvalue weighted by molar-refractivity contribution is -0.384. The SMILES string of the molecule is O=C(NCCSc1ccccc1)c1ccc(NC2CC2)c([N+](=O)[O-])c1. The molecule has 1 amide bonds. The van der Waals surface area contributed by atoms with Crippen molar-refractivity contribution in [3.05, 3.63) is 64.2 Å². The number of nitro groups is 1. The summed E-state index contributed by atoms with van der Waals surface area (Å²) in [6.45, 7) is 0.494. The zero-order valence-electron chi connectivity index (χ0n) is 13.6. The van der Waals surface area contributed by atoms with Gasteiger partial charge in [-0.05, 0) is 37.1 Å². The van der Waals surface area contributed by atoms with E-state index in [9.17, 15) is 14.9 Å². The number of carbonyl (C=O) groups is 1. The van der Waals surface area contributed by atoms with Crippen molar-refractivity contribution in [1.29, 1.82) is 0 Å². The molecule has 130 valence electrons.